The lowest BCUT2D eigenvalue weighted by molar-refractivity contribution is 0.191. The van der Waals surface area contributed by atoms with Crippen molar-refractivity contribution in [2.24, 2.45) is 0 Å². The van der Waals surface area contributed by atoms with Crippen LogP contribution in [0.2, 0.25) is 0 Å². The molecule has 1 saturated heterocycles. The SMILES string of the molecule is COc1ccc2ncc(=O)n(CCN3CCC(NCc4cnc(C)c(C#N)c4)CC3)c2n1. The number of rotatable bonds is 7. The topological polar surface area (TPSA) is 109 Å². The molecule has 4 heterocycles. The highest BCUT2D eigenvalue weighted by molar-refractivity contribution is 5.70. The fourth-order valence-electron chi connectivity index (χ4n) is 4.00. The molecule has 0 atom stereocenters. The molecule has 0 radical (unpaired) electrons. The van der Waals surface area contributed by atoms with Crippen molar-refractivity contribution in [3.63, 3.8) is 0 Å². The summed E-state index contributed by atoms with van der Waals surface area (Å²) in [6.45, 7) is 5.81. The largest absolute Gasteiger partial charge is 0.481 e. The van der Waals surface area contributed by atoms with E-state index in [0.717, 1.165) is 43.7 Å². The molecule has 0 bridgehead atoms. The van der Waals surface area contributed by atoms with Gasteiger partial charge in [-0.2, -0.15) is 10.2 Å². The van der Waals surface area contributed by atoms with Crippen LogP contribution in [-0.2, 0) is 13.1 Å². The van der Waals surface area contributed by atoms with E-state index in [9.17, 15) is 10.1 Å². The van der Waals surface area contributed by atoms with Gasteiger partial charge < -0.3 is 15.0 Å². The van der Waals surface area contributed by atoms with Gasteiger partial charge in [0, 0.05) is 37.9 Å². The second-order valence-corrected chi connectivity index (χ2v) is 8.03. The number of nitrogens with one attached hydrogen (secondary N) is 1. The fraction of sp³-hybridized carbons (Fsp3) is 0.435. The van der Waals surface area contributed by atoms with Crippen molar-refractivity contribution < 1.29 is 4.74 Å². The zero-order valence-electron chi connectivity index (χ0n) is 18.4. The van der Waals surface area contributed by atoms with Crippen LogP contribution < -0.4 is 15.6 Å². The number of aryl methyl sites for hydroxylation is 1. The molecule has 3 aromatic heterocycles. The molecular formula is C23H27N7O2. The van der Waals surface area contributed by atoms with Crippen LogP contribution in [-0.4, -0.2) is 57.2 Å². The molecule has 0 amide bonds. The normalized spacial score (nSPS) is 15.0. The summed E-state index contributed by atoms with van der Waals surface area (Å²) in [5.74, 6) is 0.469. The lowest BCUT2D eigenvalue weighted by atomic mass is 10.0. The minimum atomic E-state index is -0.154. The van der Waals surface area contributed by atoms with Crippen molar-refractivity contribution in [1.29, 1.82) is 5.26 Å². The maximum atomic E-state index is 12.4. The molecule has 1 fully saturated rings. The van der Waals surface area contributed by atoms with Gasteiger partial charge in [-0.15, -0.1) is 0 Å². The zero-order valence-corrected chi connectivity index (χ0v) is 18.4. The van der Waals surface area contributed by atoms with Gasteiger partial charge in [-0.1, -0.05) is 0 Å². The average molecular weight is 434 g/mol. The molecule has 1 aliphatic heterocycles. The van der Waals surface area contributed by atoms with E-state index in [1.165, 1.54) is 6.20 Å². The summed E-state index contributed by atoms with van der Waals surface area (Å²) in [6.07, 6.45) is 5.24. The number of nitriles is 1. The van der Waals surface area contributed by atoms with E-state index in [0.29, 0.717) is 41.7 Å². The first-order valence-electron chi connectivity index (χ1n) is 10.8. The van der Waals surface area contributed by atoms with E-state index in [4.69, 9.17) is 4.74 Å². The highest BCUT2D eigenvalue weighted by Gasteiger charge is 2.19. The van der Waals surface area contributed by atoms with Gasteiger partial charge in [0.05, 0.1) is 24.6 Å². The summed E-state index contributed by atoms with van der Waals surface area (Å²) in [4.78, 5) is 27.7. The number of aromatic nitrogens is 4. The Bertz CT molecular complexity index is 1190. The molecule has 1 aliphatic rings. The average Bonchev–Trinajstić information content (AvgIpc) is 2.83. The fourth-order valence-corrected chi connectivity index (χ4v) is 4.00. The van der Waals surface area contributed by atoms with Gasteiger partial charge in [-0.3, -0.25) is 14.3 Å². The quantitative estimate of drug-likeness (QED) is 0.599. The minimum absolute atomic E-state index is 0.154. The summed E-state index contributed by atoms with van der Waals surface area (Å²) >= 11 is 0. The third-order valence-corrected chi connectivity index (χ3v) is 5.96. The number of likely N-dealkylation sites (tertiary alicyclic amines) is 1. The van der Waals surface area contributed by atoms with Gasteiger partial charge in [0.2, 0.25) is 5.88 Å². The number of hydrogen-bond donors (Lipinski definition) is 1. The monoisotopic (exact) mass is 433 g/mol. The van der Waals surface area contributed by atoms with E-state index >= 15 is 0 Å². The number of hydrogen-bond acceptors (Lipinski definition) is 8. The second kappa shape index (κ2) is 9.85. The molecule has 1 N–H and O–H groups in total. The molecule has 3 aromatic rings. The number of pyridine rings is 2. The highest BCUT2D eigenvalue weighted by Crippen LogP contribution is 2.15. The molecule has 0 aromatic carbocycles. The standard InChI is InChI=1S/C23H27N7O2/c1-16-18(12-24)11-17(13-25-16)14-26-19-5-7-29(8-6-19)9-10-30-22(31)15-27-20-3-4-21(32-2)28-23(20)30/h3-4,11,13,15,19,26H,5-10,14H2,1-2H3. The molecular weight excluding hydrogens is 406 g/mol. The van der Waals surface area contributed by atoms with Crippen LogP contribution in [0.1, 0.15) is 29.7 Å². The Kier molecular flexibility index (Phi) is 6.73. The third kappa shape index (κ3) is 4.93. The number of fused-ring (bicyclic) bond motifs is 1. The van der Waals surface area contributed by atoms with Gasteiger partial charge in [0.1, 0.15) is 11.6 Å². The summed E-state index contributed by atoms with van der Waals surface area (Å²) in [5.41, 5.74) is 3.50. The number of piperidine rings is 1. The van der Waals surface area contributed by atoms with Gasteiger partial charge >= 0.3 is 0 Å². The van der Waals surface area contributed by atoms with Crippen molar-refractivity contribution in [2.45, 2.75) is 38.9 Å². The van der Waals surface area contributed by atoms with Gasteiger partial charge in [-0.25, -0.2) is 4.98 Å². The Morgan fingerprint density at radius 2 is 2.03 bits per heavy atom. The lowest BCUT2D eigenvalue weighted by Gasteiger charge is -2.32. The number of ether oxygens (including phenoxy) is 1. The molecule has 9 nitrogen and oxygen atoms in total. The van der Waals surface area contributed by atoms with Crippen LogP contribution in [0.25, 0.3) is 11.2 Å². The third-order valence-electron chi connectivity index (χ3n) is 5.96. The van der Waals surface area contributed by atoms with Crippen molar-refractivity contribution in [3.05, 3.63) is 57.8 Å². The van der Waals surface area contributed by atoms with E-state index in [1.807, 2.05) is 25.3 Å². The first kappa shape index (κ1) is 21.9. The van der Waals surface area contributed by atoms with Crippen LogP contribution in [0, 0.1) is 18.3 Å². The molecule has 4 rings (SSSR count). The molecule has 32 heavy (non-hydrogen) atoms. The predicted molar refractivity (Wildman–Crippen MR) is 120 cm³/mol. The van der Waals surface area contributed by atoms with Crippen LogP contribution in [0.4, 0.5) is 0 Å². The maximum absolute atomic E-state index is 12.4. The van der Waals surface area contributed by atoms with Gasteiger partial charge in [-0.05, 0) is 50.6 Å². The molecule has 9 heteroatoms. The Balaban J connectivity index is 1.31. The van der Waals surface area contributed by atoms with Gasteiger partial charge in [0.25, 0.3) is 5.56 Å². The molecule has 0 spiro atoms. The van der Waals surface area contributed by atoms with Crippen LogP contribution in [0.15, 0.2) is 35.4 Å². The van der Waals surface area contributed by atoms with E-state index in [-0.39, 0.29) is 5.56 Å². The van der Waals surface area contributed by atoms with Gasteiger partial charge in [0.15, 0.2) is 5.65 Å². The van der Waals surface area contributed by atoms with E-state index < -0.39 is 0 Å². The molecule has 0 unspecified atom stereocenters. The summed E-state index contributed by atoms with van der Waals surface area (Å²) in [5, 5.41) is 12.8. The van der Waals surface area contributed by atoms with Crippen molar-refractivity contribution >= 4 is 11.2 Å². The minimum Gasteiger partial charge on any atom is -0.481 e. The van der Waals surface area contributed by atoms with E-state index in [1.54, 1.807) is 17.7 Å². The summed E-state index contributed by atoms with van der Waals surface area (Å²) in [7, 11) is 1.56. The first-order chi connectivity index (χ1) is 15.6. The first-order valence-corrected chi connectivity index (χ1v) is 10.8. The summed E-state index contributed by atoms with van der Waals surface area (Å²) in [6, 6.07) is 8.09. The Labute approximate surface area is 186 Å². The van der Waals surface area contributed by atoms with Crippen LogP contribution in [0.5, 0.6) is 5.88 Å². The van der Waals surface area contributed by atoms with E-state index in [2.05, 4.69) is 31.2 Å². The van der Waals surface area contributed by atoms with Crippen molar-refractivity contribution in [2.75, 3.05) is 26.7 Å². The lowest BCUT2D eigenvalue weighted by Crippen LogP contribution is -2.43. The van der Waals surface area contributed by atoms with Crippen molar-refractivity contribution in [3.8, 4) is 11.9 Å². The maximum Gasteiger partial charge on any atom is 0.270 e. The molecule has 0 saturated carbocycles. The molecule has 166 valence electrons. The Morgan fingerprint density at radius 3 is 2.78 bits per heavy atom. The molecule has 0 aliphatic carbocycles. The van der Waals surface area contributed by atoms with Crippen LogP contribution >= 0.6 is 0 Å². The van der Waals surface area contributed by atoms with Crippen molar-refractivity contribution in [1.82, 2.24) is 29.7 Å². The summed E-state index contributed by atoms with van der Waals surface area (Å²) < 4.78 is 6.88. The van der Waals surface area contributed by atoms with Crippen LogP contribution in [0.3, 0.4) is 0 Å². The highest BCUT2D eigenvalue weighted by atomic mass is 16.5. The smallest absolute Gasteiger partial charge is 0.270 e. The Morgan fingerprint density at radius 1 is 1.22 bits per heavy atom. The number of nitrogens with zero attached hydrogens (tertiary/aromatic N) is 6. The second-order valence-electron chi connectivity index (χ2n) is 8.03. The number of methoxy groups -OCH3 is 1. The predicted octanol–water partition coefficient (Wildman–Crippen LogP) is 1.63. The zero-order chi connectivity index (χ0) is 22.5. The Hall–Kier alpha value is -3.35.